The minimum atomic E-state index is 0.0251. The molecule has 0 aliphatic rings. The van der Waals surface area contributed by atoms with Crippen molar-refractivity contribution in [3.8, 4) is 0 Å². The zero-order chi connectivity index (χ0) is 17.1. The fraction of sp³-hybridized carbons (Fsp3) is 0.421. The fourth-order valence-corrected chi connectivity index (χ4v) is 3.02. The second kappa shape index (κ2) is 7.01. The smallest absolute Gasteiger partial charge is 0.255 e. The van der Waals surface area contributed by atoms with Crippen molar-refractivity contribution in [1.82, 2.24) is 9.47 Å². The first kappa shape index (κ1) is 17.3. The Labute approximate surface area is 138 Å². The lowest BCUT2D eigenvalue weighted by Crippen LogP contribution is -2.39. The number of aromatic nitrogens is 1. The van der Waals surface area contributed by atoms with Gasteiger partial charge in [0.1, 0.15) is 0 Å². The maximum atomic E-state index is 12.7. The van der Waals surface area contributed by atoms with Gasteiger partial charge in [-0.2, -0.15) is 0 Å². The van der Waals surface area contributed by atoms with E-state index in [1.807, 2.05) is 45.2 Å². The van der Waals surface area contributed by atoms with Gasteiger partial charge in [-0.25, -0.2) is 0 Å². The number of carbonyl (C=O) groups excluding carboxylic acids is 1. The van der Waals surface area contributed by atoms with E-state index in [-0.39, 0.29) is 18.0 Å². The predicted molar refractivity (Wildman–Crippen MR) is 94.8 cm³/mol. The Morgan fingerprint density at radius 3 is 2.39 bits per heavy atom. The molecule has 0 fully saturated rings. The molecule has 1 aromatic carbocycles. The molecule has 1 amide bonds. The standard InChI is InChI=1S/C19H27N3O/c1-13-11-18(19(23)21(5)14(2)12-20)16(4)22(13)15(3)17-9-7-6-8-10-17/h6-11,14-15H,12,20H2,1-5H3. The monoisotopic (exact) mass is 313 g/mol. The average Bonchev–Trinajstić information content (AvgIpc) is 2.87. The molecule has 0 bridgehead atoms. The molecule has 2 aromatic rings. The molecule has 2 rings (SSSR count). The van der Waals surface area contributed by atoms with Crippen molar-refractivity contribution in [2.24, 2.45) is 5.73 Å². The van der Waals surface area contributed by atoms with Crippen molar-refractivity contribution in [2.75, 3.05) is 13.6 Å². The molecular weight excluding hydrogens is 286 g/mol. The normalized spacial score (nSPS) is 13.7. The van der Waals surface area contributed by atoms with Gasteiger partial charge < -0.3 is 15.2 Å². The highest BCUT2D eigenvalue weighted by Gasteiger charge is 2.23. The van der Waals surface area contributed by atoms with E-state index in [2.05, 4.69) is 30.5 Å². The number of carbonyl (C=O) groups is 1. The minimum absolute atomic E-state index is 0.0251. The molecule has 124 valence electrons. The molecule has 0 spiro atoms. The Morgan fingerprint density at radius 2 is 1.83 bits per heavy atom. The number of nitrogens with two attached hydrogens (primary N) is 1. The molecule has 0 aliphatic heterocycles. The molecule has 1 heterocycles. The van der Waals surface area contributed by atoms with Crippen LogP contribution in [0.5, 0.6) is 0 Å². The second-order valence-electron chi connectivity index (χ2n) is 6.24. The molecule has 2 atom stereocenters. The van der Waals surface area contributed by atoms with E-state index in [0.29, 0.717) is 6.54 Å². The van der Waals surface area contributed by atoms with Gasteiger partial charge in [0.25, 0.3) is 5.91 Å². The van der Waals surface area contributed by atoms with Gasteiger partial charge in [-0.15, -0.1) is 0 Å². The SMILES string of the molecule is Cc1cc(C(=O)N(C)C(C)CN)c(C)n1C(C)c1ccccc1. The molecule has 4 nitrogen and oxygen atoms in total. The lowest BCUT2D eigenvalue weighted by Gasteiger charge is -2.24. The molecule has 2 unspecified atom stereocenters. The zero-order valence-corrected chi connectivity index (χ0v) is 14.7. The third-order valence-corrected chi connectivity index (χ3v) is 4.71. The highest BCUT2D eigenvalue weighted by Crippen LogP contribution is 2.26. The molecule has 2 N–H and O–H groups in total. The van der Waals surface area contributed by atoms with Crippen molar-refractivity contribution in [1.29, 1.82) is 0 Å². The molecular formula is C19H27N3O. The van der Waals surface area contributed by atoms with Crippen molar-refractivity contribution in [3.05, 3.63) is 58.9 Å². The van der Waals surface area contributed by atoms with Crippen LogP contribution in [0.1, 0.15) is 47.2 Å². The number of amides is 1. The van der Waals surface area contributed by atoms with E-state index in [0.717, 1.165) is 17.0 Å². The van der Waals surface area contributed by atoms with E-state index in [4.69, 9.17) is 5.73 Å². The quantitative estimate of drug-likeness (QED) is 0.922. The summed E-state index contributed by atoms with van der Waals surface area (Å²) in [6.45, 7) is 8.65. The molecule has 4 heteroatoms. The van der Waals surface area contributed by atoms with Gasteiger partial charge in [0.05, 0.1) is 11.6 Å². The van der Waals surface area contributed by atoms with Crippen LogP contribution < -0.4 is 5.73 Å². The summed E-state index contributed by atoms with van der Waals surface area (Å²) in [5, 5.41) is 0. The summed E-state index contributed by atoms with van der Waals surface area (Å²) in [6, 6.07) is 12.5. The van der Waals surface area contributed by atoms with Gasteiger partial charge in [-0.05, 0) is 39.3 Å². The summed E-state index contributed by atoms with van der Waals surface area (Å²) in [5.74, 6) is 0.0301. The third kappa shape index (κ3) is 3.32. The summed E-state index contributed by atoms with van der Waals surface area (Å²) in [5.41, 5.74) is 9.77. The summed E-state index contributed by atoms with van der Waals surface area (Å²) >= 11 is 0. The number of rotatable bonds is 5. The van der Waals surface area contributed by atoms with Gasteiger partial charge in [0.2, 0.25) is 0 Å². The fourth-order valence-electron chi connectivity index (χ4n) is 3.02. The van der Waals surface area contributed by atoms with Gasteiger partial charge in [-0.3, -0.25) is 4.79 Å². The highest BCUT2D eigenvalue weighted by molar-refractivity contribution is 5.95. The van der Waals surface area contributed by atoms with Crippen LogP contribution in [0, 0.1) is 13.8 Å². The largest absolute Gasteiger partial charge is 0.341 e. The maximum Gasteiger partial charge on any atom is 0.255 e. The van der Waals surface area contributed by atoms with Crippen LogP contribution in [-0.4, -0.2) is 35.0 Å². The Hall–Kier alpha value is -2.07. The lowest BCUT2D eigenvalue weighted by molar-refractivity contribution is 0.0747. The van der Waals surface area contributed by atoms with E-state index in [1.54, 1.807) is 4.90 Å². The van der Waals surface area contributed by atoms with Gasteiger partial charge in [-0.1, -0.05) is 30.3 Å². The first-order valence-corrected chi connectivity index (χ1v) is 8.09. The average molecular weight is 313 g/mol. The van der Waals surface area contributed by atoms with E-state index in [9.17, 15) is 4.79 Å². The van der Waals surface area contributed by atoms with Crippen LogP contribution in [-0.2, 0) is 0 Å². The van der Waals surface area contributed by atoms with E-state index in [1.165, 1.54) is 5.56 Å². The minimum Gasteiger partial charge on any atom is -0.341 e. The van der Waals surface area contributed by atoms with E-state index < -0.39 is 0 Å². The third-order valence-electron chi connectivity index (χ3n) is 4.71. The van der Waals surface area contributed by atoms with Crippen LogP contribution in [0.25, 0.3) is 0 Å². The Kier molecular flexibility index (Phi) is 5.26. The van der Waals surface area contributed by atoms with Crippen molar-refractivity contribution in [2.45, 2.75) is 39.8 Å². The Morgan fingerprint density at radius 1 is 1.22 bits per heavy atom. The molecule has 23 heavy (non-hydrogen) atoms. The summed E-state index contributed by atoms with van der Waals surface area (Å²) < 4.78 is 2.23. The summed E-state index contributed by atoms with van der Waals surface area (Å²) in [6.07, 6.45) is 0. The number of hydrogen-bond acceptors (Lipinski definition) is 2. The van der Waals surface area contributed by atoms with Crippen molar-refractivity contribution in [3.63, 3.8) is 0 Å². The molecule has 0 saturated heterocycles. The molecule has 1 aromatic heterocycles. The molecule has 0 aliphatic carbocycles. The van der Waals surface area contributed by atoms with Crippen molar-refractivity contribution >= 4 is 5.91 Å². The van der Waals surface area contributed by atoms with Crippen LogP contribution in [0.2, 0.25) is 0 Å². The lowest BCUT2D eigenvalue weighted by atomic mass is 10.1. The van der Waals surface area contributed by atoms with Crippen LogP contribution in [0.3, 0.4) is 0 Å². The number of nitrogens with zero attached hydrogens (tertiary/aromatic N) is 2. The van der Waals surface area contributed by atoms with Gasteiger partial charge in [0, 0.05) is 31.0 Å². The Balaban J connectivity index is 2.38. The number of hydrogen-bond donors (Lipinski definition) is 1. The zero-order valence-electron chi connectivity index (χ0n) is 14.7. The number of benzene rings is 1. The number of aryl methyl sites for hydroxylation is 1. The van der Waals surface area contributed by atoms with Gasteiger partial charge >= 0.3 is 0 Å². The summed E-state index contributed by atoms with van der Waals surface area (Å²) in [7, 11) is 1.81. The van der Waals surface area contributed by atoms with Crippen molar-refractivity contribution < 1.29 is 4.79 Å². The van der Waals surface area contributed by atoms with Gasteiger partial charge in [0.15, 0.2) is 0 Å². The number of likely N-dealkylation sites (N-methyl/N-ethyl adjacent to an activating group) is 1. The van der Waals surface area contributed by atoms with Crippen LogP contribution in [0.15, 0.2) is 36.4 Å². The first-order chi connectivity index (χ1) is 10.9. The van der Waals surface area contributed by atoms with Crippen LogP contribution in [0.4, 0.5) is 0 Å². The second-order valence-corrected chi connectivity index (χ2v) is 6.24. The maximum absolute atomic E-state index is 12.7. The Bertz CT molecular complexity index is 675. The topological polar surface area (TPSA) is 51.3 Å². The highest BCUT2D eigenvalue weighted by atomic mass is 16.2. The molecule has 0 radical (unpaired) electrons. The molecule has 0 saturated carbocycles. The predicted octanol–water partition coefficient (Wildman–Crippen LogP) is 3.13. The summed E-state index contributed by atoms with van der Waals surface area (Å²) in [4.78, 5) is 14.5. The van der Waals surface area contributed by atoms with E-state index >= 15 is 0 Å². The first-order valence-electron chi connectivity index (χ1n) is 8.09. The van der Waals surface area contributed by atoms with Crippen LogP contribution >= 0.6 is 0 Å².